The molecule has 4 nitrogen and oxygen atoms in total. The minimum absolute atomic E-state index is 0.0167. The van der Waals surface area contributed by atoms with Crippen molar-refractivity contribution in [3.8, 4) is 0 Å². The van der Waals surface area contributed by atoms with E-state index in [-0.39, 0.29) is 12.2 Å². The normalized spacial score (nSPS) is 25.8. The maximum atomic E-state index is 11.3. The van der Waals surface area contributed by atoms with Crippen molar-refractivity contribution < 1.29 is 14.7 Å². The predicted molar refractivity (Wildman–Crippen MR) is 55.0 cm³/mol. The third kappa shape index (κ3) is 1.56. The van der Waals surface area contributed by atoms with Gasteiger partial charge in [0.05, 0.1) is 10.7 Å². The van der Waals surface area contributed by atoms with Crippen molar-refractivity contribution in [1.82, 2.24) is 4.98 Å². The molecule has 2 rings (SSSR count). The summed E-state index contributed by atoms with van der Waals surface area (Å²) in [6, 6.07) is 0. The number of hydrogen-bond acceptors (Lipinski definition) is 4. The largest absolute Gasteiger partial charge is 0.481 e. The molecule has 0 bridgehead atoms. The van der Waals surface area contributed by atoms with Gasteiger partial charge < -0.3 is 5.11 Å². The van der Waals surface area contributed by atoms with Crippen LogP contribution >= 0.6 is 11.3 Å². The molecular formula is C10H11NO3S. The summed E-state index contributed by atoms with van der Waals surface area (Å²) >= 11 is 1.42. The van der Waals surface area contributed by atoms with E-state index in [0.717, 1.165) is 5.01 Å². The van der Waals surface area contributed by atoms with Crippen molar-refractivity contribution in [3.05, 3.63) is 16.1 Å². The Morgan fingerprint density at radius 3 is 2.80 bits per heavy atom. The van der Waals surface area contributed by atoms with E-state index in [1.165, 1.54) is 11.3 Å². The number of carboxylic acids is 1. The maximum absolute atomic E-state index is 11.3. The number of hydrogen-bond donors (Lipinski definition) is 1. The summed E-state index contributed by atoms with van der Waals surface area (Å²) in [5, 5.41) is 11.8. The van der Waals surface area contributed by atoms with Gasteiger partial charge in [0, 0.05) is 18.2 Å². The number of aliphatic carboxylic acids is 1. The number of ketones is 1. The molecular weight excluding hydrogens is 214 g/mol. The van der Waals surface area contributed by atoms with E-state index >= 15 is 0 Å². The van der Waals surface area contributed by atoms with Gasteiger partial charge in [0.1, 0.15) is 11.2 Å². The van der Waals surface area contributed by atoms with Crippen LogP contribution in [0.3, 0.4) is 0 Å². The molecule has 0 spiro atoms. The number of rotatable bonds is 2. The number of carboxylic acid groups (broad SMARTS) is 1. The minimum atomic E-state index is -1.05. The van der Waals surface area contributed by atoms with Crippen LogP contribution in [0.4, 0.5) is 0 Å². The van der Waals surface area contributed by atoms with Crippen LogP contribution in [-0.2, 0) is 15.0 Å². The molecule has 1 unspecified atom stereocenters. The molecule has 1 aliphatic rings. The quantitative estimate of drug-likeness (QED) is 0.828. The van der Waals surface area contributed by atoms with Gasteiger partial charge in [-0.05, 0) is 13.3 Å². The van der Waals surface area contributed by atoms with Crippen LogP contribution in [0.2, 0.25) is 0 Å². The first-order valence-electron chi connectivity index (χ1n) is 4.72. The summed E-state index contributed by atoms with van der Waals surface area (Å²) in [6.45, 7) is 1.83. The van der Waals surface area contributed by atoms with E-state index in [1.54, 1.807) is 5.38 Å². The molecule has 1 aromatic rings. The van der Waals surface area contributed by atoms with Gasteiger partial charge >= 0.3 is 5.97 Å². The molecule has 5 heteroatoms. The van der Waals surface area contributed by atoms with E-state index in [9.17, 15) is 14.7 Å². The first kappa shape index (κ1) is 10.3. The Kier molecular flexibility index (Phi) is 2.34. The highest BCUT2D eigenvalue weighted by atomic mass is 32.1. The lowest BCUT2D eigenvalue weighted by molar-refractivity contribution is -0.144. The third-order valence-electron chi connectivity index (χ3n) is 2.85. The highest BCUT2D eigenvalue weighted by Crippen LogP contribution is 2.39. The van der Waals surface area contributed by atoms with E-state index in [4.69, 9.17) is 0 Å². The zero-order valence-electron chi connectivity index (χ0n) is 8.32. The summed E-state index contributed by atoms with van der Waals surface area (Å²) in [6.07, 6.45) is 0.818. The Labute approximate surface area is 91.0 Å². The Morgan fingerprint density at radius 1 is 1.67 bits per heavy atom. The Morgan fingerprint density at radius 2 is 2.40 bits per heavy atom. The topological polar surface area (TPSA) is 67.3 Å². The van der Waals surface area contributed by atoms with Crippen LogP contribution in [0.25, 0.3) is 0 Å². The zero-order valence-corrected chi connectivity index (χ0v) is 9.13. The number of Topliss-reactive ketones (excluding diaryl/α,β-unsaturated/α-hetero) is 1. The van der Waals surface area contributed by atoms with Crippen molar-refractivity contribution in [2.45, 2.75) is 31.6 Å². The summed E-state index contributed by atoms with van der Waals surface area (Å²) in [5.41, 5.74) is -0.509. The lowest BCUT2D eigenvalue weighted by Crippen LogP contribution is -2.33. The molecule has 0 aromatic carbocycles. The standard InChI is InChI=1S/C10H11NO3S/c1-6-11-8(5-15-6)10(9(13)14)3-2-7(12)4-10/h5H,2-4H2,1H3,(H,13,14). The molecule has 15 heavy (non-hydrogen) atoms. The first-order valence-corrected chi connectivity index (χ1v) is 5.60. The number of carbonyl (C=O) groups is 2. The molecule has 0 amide bonds. The van der Waals surface area contributed by atoms with Crippen LogP contribution in [0.1, 0.15) is 30.0 Å². The average molecular weight is 225 g/mol. The lowest BCUT2D eigenvalue weighted by atomic mass is 9.83. The van der Waals surface area contributed by atoms with Gasteiger partial charge in [0.15, 0.2) is 0 Å². The molecule has 1 aliphatic carbocycles. The summed E-state index contributed by atoms with van der Waals surface area (Å²) in [5.74, 6) is -0.915. The Bertz CT molecular complexity index is 426. The van der Waals surface area contributed by atoms with Crippen molar-refractivity contribution >= 4 is 23.1 Å². The van der Waals surface area contributed by atoms with Gasteiger partial charge in [-0.25, -0.2) is 4.98 Å². The van der Waals surface area contributed by atoms with E-state index < -0.39 is 11.4 Å². The highest BCUT2D eigenvalue weighted by Gasteiger charge is 2.48. The smallest absolute Gasteiger partial charge is 0.316 e. The molecule has 1 N–H and O–H groups in total. The van der Waals surface area contributed by atoms with Crippen LogP contribution in [0, 0.1) is 6.92 Å². The highest BCUT2D eigenvalue weighted by molar-refractivity contribution is 7.09. The van der Waals surface area contributed by atoms with Crippen molar-refractivity contribution in [3.63, 3.8) is 0 Å². The lowest BCUT2D eigenvalue weighted by Gasteiger charge is -2.20. The molecule has 80 valence electrons. The van der Waals surface area contributed by atoms with Gasteiger partial charge in [-0.15, -0.1) is 11.3 Å². The van der Waals surface area contributed by atoms with Crippen LogP contribution in [-0.4, -0.2) is 21.8 Å². The molecule has 1 fully saturated rings. The summed E-state index contributed by atoms with van der Waals surface area (Å²) < 4.78 is 0. The summed E-state index contributed by atoms with van der Waals surface area (Å²) in [7, 11) is 0. The second-order valence-corrected chi connectivity index (χ2v) is 4.92. The van der Waals surface area contributed by atoms with E-state index in [1.807, 2.05) is 6.92 Å². The average Bonchev–Trinajstić information content (AvgIpc) is 2.72. The van der Waals surface area contributed by atoms with Crippen LogP contribution in [0.15, 0.2) is 5.38 Å². The van der Waals surface area contributed by atoms with Crippen molar-refractivity contribution in [2.75, 3.05) is 0 Å². The van der Waals surface area contributed by atoms with E-state index in [2.05, 4.69) is 4.98 Å². The van der Waals surface area contributed by atoms with E-state index in [0.29, 0.717) is 18.5 Å². The molecule has 1 saturated carbocycles. The fourth-order valence-electron chi connectivity index (χ4n) is 1.96. The van der Waals surface area contributed by atoms with Gasteiger partial charge in [-0.3, -0.25) is 9.59 Å². The number of aryl methyl sites for hydroxylation is 1. The fourth-order valence-corrected chi connectivity index (χ4v) is 2.67. The first-order chi connectivity index (χ1) is 7.04. The molecule has 0 saturated heterocycles. The predicted octanol–water partition coefficient (Wildman–Crippen LogP) is 1.53. The zero-order chi connectivity index (χ0) is 11.1. The van der Waals surface area contributed by atoms with Gasteiger partial charge in [0.25, 0.3) is 0 Å². The number of thiazole rings is 1. The fraction of sp³-hybridized carbons (Fsp3) is 0.500. The molecule has 0 radical (unpaired) electrons. The Balaban J connectivity index is 2.44. The molecule has 0 aliphatic heterocycles. The summed E-state index contributed by atoms with van der Waals surface area (Å²) in [4.78, 5) is 26.8. The second kappa shape index (κ2) is 3.41. The minimum Gasteiger partial charge on any atom is -0.481 e. The molecule has 1 heterocycles. The number of nitrogens with zero attached hydrogens (tertiary/aromatic N) is 1. The van der Waals surface area contributed by atoms with Crippen LogP contribution in [0.5, 0.6) is 0 Å². The van der Waals surface area contributed by atoms with Gasteiger partial charge in [-0.1, -0.05) is 0 Å². The van der Waals surface area contributed by atoms with Crippen LogP contribution < -0.4 is 0 Å². The molecule has 1 aromatic heterocycles. The molecule has 1 atom stereocenters. The van der Waals surface area contributed by atoms with Crippen molar-refractivity contribution in [2.24, 2.45) is 0 Å². The van der Waals surface area contributed by atoms with Gasteiger partial charge in [-0.2, -0.15) is 0 Å². The number of aromatic nitrogens is 1. The maximum Gasteiger partial charge on any atom is 0.316 e. The van der Waals surface area contributed by atoms with Crippen molar-refractivity contribution in [1.29, 1.82) is 0 Å². The second-order valence-electron chi connectivity index (χ2n) is 3.85. The number of carbonyl (C=O) groups excluding carboxylic acids is 1. The SMILES string of the molecule is Cc1nc(C2(C(=O)O)CCC(=O)C2)cs1. The Hall–Kier alpha value is -1.23. The third-order valence-corrected chi connectivity index (χ3v) is 3.62. The van der Waals surface area contributed by atoms with Gasteiger partial charge in [0.2, 0.25) is 0 Å². The monoisotopic (exact) mass is 225 g/mol.